The molecule has 0 saturated carbocycles. The summed E-state index contributed by atoms with van der Waals surface area (Å²) in [6, 6.07) is 4.63. The van der Waals surface area contributed by atoms with E-state index < -0.39 is 17.7 Å². The third-order valence-corrected chi connectivity index (χ3v) is 3.10. The van der Waals surface area contributed by atoms with Gasteiger partial charge in [-0.2, -0.15) is 0 Å². The van der Waals surface area contributed by atoms with Crippen molar-refractivity contribution in [2.45, 2.75) is 26.4 Å². The van der Waals surface area contributed by atoms with E-state index in [1.54, 1.807) is 26.8 Å². The van der Waals surface area contributed by atoms with Crippen molar-refractivity contribution < 1.29 is 24.2 Å². The van der Waals surface area contributed by atoms with Gasteiger partial charge in [-0.05, 0) is 61.6 Å². The number of alkyl carbamates (subject to hydrolysis) is 1. The van der Waals surface area contributed by atoms with Crippen LogP contribution in [0.4, 0.5) is 4.79 Å². The molecular formula is C14H18INO5. The molecule has 6 nitrogen and oxygen atoms in total. The van der Waals surface area contributed by atoms with Crippen LogP contribution in [-0.4, -0.2) is 35.9 Å². The highest BCUT2D eigenvalue weighted by Crippen LogP contribution is 2.22. The van der Waals surface area contributed by atoms with E-state index in [0.29, 0.717) is 5.75 Å². The molecule has 0 aromatic heterocycles. The van der Waals surface area contributed by atoms with E-state index in [9.17, 15) is 9.59 Å². The molecular weight excluding hydrogens is 389 g/mol. The number of carboxylic acids is 1. The predicted molar refractivity (Wildman–Crippen MR) is 85.9 cm³/mol. The molecule has 21 heavy (non-hydrogen) atoms. The molecule has 7 heteroatoms. The van der Waals surface area contributed by atoms with Gasteiger partial charge < -0.3 is 19.9 Å². The lowest BCUT2D eigenvalue weighted by atomic mass is 10.2. The van der Waals surface area contributed by atoms with Gasteiger partial charge in [0.2, 0.25) is 0 Å². The monoisotopic (exact) mass is 407 g/mol. The van der Waals surface area contributed by atoms with Crippen molar-refractivity contribution in [3.8, 4) is 5.75 Å². The van der Waals surface area contributed by atoms with Crippen molar-refractivity contribution in [1.29, 1.82) is 0 Å². The van der Waals surface area contributed by atoms with Gasteiger partial charge in [-0.15, -0.1) is 0 Å². The molecule has 0 aliphatic heterocycles. The molecule has 0 bridgehead atoms. The Morgan fingerprint density at radius 2 is 2.00 bits per heavy atom. The van der Waals surface area contributed by atoms with Crippen LogP contribution in [0.3, 0.4) is 0 Å². The summed E-state index contributed by atoms with van der Waals surface area (Å²) >= 11 is 2.05. The maximum Gasteiger partial charge on any atom is 0.407 e. The van der Waals surface area contributed by atoms with Gasteiger partial charge in [-0.1, -0.05) is 0 Å². The minimum Gasteiger partial charge on any atom is -0.491 e. The summed E-state index contributed by atoms with van der Waals surface area (Å²) in [4.78, 5) is 22.3. The molecule has 1 aromatic carbocycles. The Bertz CT molecular complexity index is 525. The number of carbonyl (C=O) groups is 2. The van der Waals surface area contributed by atoms with Crippen LogP contribution in [0.5, 0.6) is 5.75 Å². The van der Waals surface area contributed by atoms with Crippen molar-refractivity contribution >= 4 is 34.7 Å². The number of amides is 1. The molecule has 0 unspecified atom stereocenters. The average Bonchev–Trinajstić information content (AvgIpc) is 2.34. The van der Waals surface area contributed by atoms with E-state index in [-0.39, 0.29) is 18.7 Å². The number of rotatable bonds is 5. The number of benzene rings is 1. The minimum atomic E-state index is -1.01. The van der Waals surface area contributed by atoms with Gasteiger partial charge in [0.05, 0.1) is 15.7 Å². The number of carbonyl (C=O) groups excluding carboxylic acids is 1. The maximum atomic E-state index is 11.4. The zero-order chi connectivity index (χ0) is 16.0. The summed E-state index contributed by atoms with van der Waals surface area (Å²) in [7, 11) is 0. The first-order chi connectivity index (χ1) is 9.69. The SMILES string of the molecule is CC(C)(C)OC(=O)NCCOc1cc(C(=O)O)ccc1I. The smallest absolute Gasteiger partial charge is 0.407 e. The summed E-state index contributed by atoms with van der Waals surface area (Å²) in [5.74, 6) is -0.537. The molecule has 0 heterocycles. The fraction of sp³-hybridized carbons (Fsp3) is 0.429. The van der Waals surface area contributed by atoms with E-state index in [1.165, 1.54) is 12.1 Å². The summed E-state index contributed by atoms with van der Waals surface area (Å²) in [6.07, 6.45) is -0.514. The molecule has 0 radical (unpaired) electrons. The molecule has 0 saturated heterocycles. The van der Waals surface area contributed by atoms with E-state index in [4.69, 9.17) is 14.6 Å². The fourth-order valence-electron chi connectivity index (χ4n) is 1.38. The second kappa shape index (κ2) is 7.48. The molecule has 1 aromatic rings. The highest BCUT2D eigenvalue weighted by Gasteiger charge is 2.15. The normalized spacial score (nSPS) is 10.9. The molecule has 1 amide bonds. The Morgan fingerprint density at radius 3 is 2.57 bits per heavy atom. The van der Waals surface area contributed by atoms with Crippen LogP contribution in [0.25, 0.3) is 0 Å². The van der Waals surface area contributed by atoms with Crippen LogP contribution in [-0.2, 0) is 4.74 Å². The Labute approximate surface area is 137 Å². The molecule has 0 aliphatic rings. The second-order valence-corrected chi connectivity index (χ2v) is 6.39. The number of carboxylic acid groups (broad SMARTS) is 1. The van der Waals surface area contributed by atoms with E-state index in [1.807, 2.05) is 0 Å². The zero-order valence-electron chi connectivity index (χ0n) is 12.1. The predicted octanol–water partition coefficient (Wildman–Crippen LogP) is 2.89. The Balaban J connectivity index is 2.44. The average molecular weight is 407 g/mol. The molecule has 116 valence electrons. The lowest BCUT2D eigenvalue weighted by molar-refractivity contribution is 0.0520. The van der Waals surface area contributed by atoms with Crippen molar-refractivity contribution in [3.05, 3.63) is 27.3 Å². The number of hydrogen-bond donors (Lipinski definition) is 2. The molecule has 0 aliphatic carbocycles. The first kappa shape index (κ1) is 17.5. The van der Waals surface area contributed by atoms with Gasteiger partial charge in [-0.3, -0.25) is 0 Å². The maximum absolute atomic E-state index is 11.4. The van der Waals surface area contributed by atoms with Gasteiger partial charge in [-0.25, -0.2) is 9.59 Å². The summed E-state index contributed by atoms with van der Waals surface area (Å²) in [6.45, 7) is 5.83. The minimum absolute atomic E-state index is 0.158. The number of halogens is 1. The molecule has 2 N–H and O–H groups in total. The van der Waals surface area contributed by atoms with Gasteiger partial charge in [0.25, 0.3) is 0 Å². The zero-order valence-corrected chi connectivity index (χ0v) is 14.3. The number of nitrogens with one attached hydrogen (secondary N) is 1. The van der Waals surface area contributed by atoms with E-state index in [0.717, 1.165) is 3.57 Å². The third kappa shape index (κ3) is 6.65. The van der Waals surface area contributed by atoms with Crippen molar-refractivity contribution in [3.63, 3.8) is 0 Å². The van der Waals surface area contributed by atoms with E-state index >= 15 is 0 Å². The van der Waals surface area contributed by atoms with Gasteiger partial charge in [0.1, 0.15) is 18.0 Å². The lowest BCUT2D eigenvalue weighted by Gasteiger charge is -2.19. The highest BCUT2D eigenvalue weighted by molar-refractivity contribution is 14.1. The van der Waals surface area contributed by atoms with Gasteiger partial charge in [0, 0.05) is 0 Å². The molecule has 1 rings (SSSR count). The van der Waals surface area contributed by atoms with Crippen LogP contribution >= 0.6 is 22.6 Å². The van der Waals surface area contributed by atoms with Crippen LogP contribution in [0.2, 0.25) is 0 Å². The number of hydrogen-bond acceptors (Lipinski definition) is 4. The molecule has 0 atom stereocenters. The quantitative estimate of drug-likeness (QED) is 0.579. The van der Waals surface area contributed by atoms with Crippen molar-refractivity contribution in [1.82, 2.24) is 5.32 Å². The number of ether oxygens (including phenoxy) is 2. The summed E-state index contributed by atoms with van der Waals surface area (Å²) in [5.41, 5.74) is -0.388. The van der Waals surface area contributed by atoms with E-state index in [2.05, 4.69) is 27.9 Å². The lowest BCUT2D eigenvalue weighted by Crippen LogP contribution is -2.34. The van der Waals surface area contributed by atoms with Crippen molar-refractivity contribution in [2.75, 3.05) is 13.2 Å². The Kier molecular flexibility index (Phi) is 6.25. The van der Waals surface area contributed by atoms with Crippen LogP contribution in [0.15, 0.2) is 18.2 Å². The molecule has 0 fully saturated rings. The fourth-order valence-corrected chi connectivity index (χ4v) is 1.87. The van der Waals surface area contributed by atoms with Crippen LogP contribution in [0, 0.1) is 3.57 Å². The third-order valence-electron chi connectivity index (χ3n) is 2.21. The first-order valence-electron chi connectivity index (χ1n) is 6.31. The summed E-state index contributed by atoms with van der Waals surface area (Å²) < 4.78 is 11.3. The molecule has 0 spiro atoms. The standard InChI is InChI=1S/C14H18INO5/c1-14(2,3)21-13(19)16-6-7-20-11-8-9(12(17)18)4-5-10(11)15/h4-5,8H,6-7H2,1-3H3,(H,16,19)(H,17,18). The Hall–Kier alpha value is -1.51. The largest absolute Gasteiger partial charge is 0.491 e. The second-order valence-electron chi connectivity index (χ2n) is 5.23. The van der Waals surface area contributed by atoms with Gasteiger partial charge >= 0.3 is 12.1 Å². The van der Waals surface area contributed by atoms with Crippen LogP contribution < -0.4 is 10.1 Å². The topological polar surface area (TPSA) is 84.9 Å². The summed E-state index contributed by atoms with van der Waals surface area (Å²) in [5, 5.41) is 11.5. The number of aromatic carboxylic acids is 1. The first-order valence-corrected chi connectivity index (χ1v) is 7.39. The van der Waals surface area contributed by atoms with Crippen molar-refractivity contribution in [2.24, 2.45) is 0 Å². The van der Waals surface area contributed by atoms with Gasteiger partial charge in [0.15, 0.2) is 0 Å². The highest BCUT2D eigenvalue weighted by atomic mass is 127. The Morgan fingerprint density at radius 1 is 1.33 bits per heavy atom. The van der Waals surface area contributed by atoms with Crippen LogP contribution in [0.1, 0.15) is 31.1 Å².